The van der Waals surface area contributed by atoms with E-state index in [9.17, 15) is 0 Å². The van der Waals surface area contributed by atoms with Gasteiger partial charge in [-0.3, -0.25) is 0 Å². The molecule has 0 bridgehead atoms. The van der Waals surface area contributed by atoms with Crippen LogP contribution in [0.5, 0.6) is 0 Å². The standard InChI is InChI=1S/C60H42N4/c1-6-20-45(21-7-1)61(46-22-8-2-9-23-46)51-38-44(43-34-36-55-53-30-16-18-32-57(53)63(59(55)40-43)48-26-12-4-13-27-48)39-52(41-51)62(47-24-10-3-11-25-47)50-35-37-56-54-31-17-19-33-58(54)64(60(56)42-50)49-28-14-5-15-29-49/h1-42H. The van der Waals surface area contributed by atoms with Crippen LogP contribution in [0.3, 0.4) is 0 Å². The molecular weight excluding hydrogens is 777 g/mol. The number of hydrogen-bond acceptors (Lipinski definition) is 2. The molecule has 0 aliphatic heterocycles. The molecule has 0 saturated heterocycles. The molecule has 12 aromatic rings. The lowest BCUT2D eigenvalue weighted by atomic mass is 10.00. The molecule has 0 N–H and O–H groups in total. The molecule has 0 aliphatic carbocycles. The molecule has 0 spiro atoms. The van der Waals surface area contributed by atoms with E-state index in [0.717, 1.165) is 62.1 Å². The van der Waals surface area contributed by atoms with Crippen molar-refractivity contribution in [3.05, 3.63) is 255 Å². The quantitative estimate of drug-likeness (QED) is 0.144. The van der Waals surface area contributed by atoms with Gasteiger partial charge in [0.25, 0.3) is 0 Å². The van der Waals surface area contributed by atoms with Crippen molar-refractivity contribution < 1.29 is 0 Å². The summed E-state index contributed by atoms with van der Waals surface area (Å²) in [4.78, 5) is 4.78. The first-order valence-corrected chi connectivity index (χ1v) is 21.8. The van der Waals surface area contributed by atoms with Crippen LogP contribution in [0.4, 0.5) is 34.1 Å². The minimum absolute atomic E-state index is 1.04. The van der Waals surface area contributed by atoms with E-state index >= 15 is 0 Å². The van der Waals surface area contributed by atoms with Crippen LogP contribution in [0.25, 0.3) is 66.1 Å². The van der Waals surface area contributed by atoms with Gasteiger partial charge in [0.1, 0.15) is 0 Å². The highest BCUT2D eigenvalue weighted by Crippen LogP contribution is 2.45. The Labute approximate surface area is 372 Å². The molecule has 2 aromatic heterocycles. The third kappa shape index (κ3) is 6.40. The average molecular weight is 819 g/mol. The second kappa shape index (κ2) is 15.7. The van der Waals surface area contributed by atoms with Gasteiger partial charge >= 0.3 is 0 Å². The normalized spacial score (nSPS) is 11.4. The molecule has 0 radical (unpaired) electrons. The predicted octanol–water partition coefficient (Wildman–Crippen LogP) is 16.5. The number of hydrogen-bond donors (Lipinski definition) is 0. The topological polar surface area (TPSA) is 16.3 Å². The highest BCUT2D eigenvalue weighted by molar-refractivity contribution is 6.11. The first kappa shape index (κ1) is 37.2. The van der Waals surface area contributed by atoms with Crippen LogP contribution in [-0.2, 0) is 0 Å². The summed E-state index contributed by atoms with van der Waals surface area (Å²) in [5.41, 5.74) is 15.6. The fraction of sp³-hybridized carbons (Fsp3) is 0. The van der Waals surface area contributed by atoms with Gasteiger partial charge in [0.15, 0.2) is 0 Å². The van der Waals surface area contributed by atoms with E-state index in [1.165, 1.54) is 38.1 Å². The summed E-state index contributed by atoms with van der Waals surface area (Å²) in [5, 5.41) is 4.91. The van der Waals surface area contributed by atoms with E-state index < -0.39 is 0 Å². The second-order valence-corrected chi connectivity index (χ2v) is 16.2. The van der Waals surface area contributed by atoms with E-state index in [1.807, 2.05) is 0 Å². The zero-order chi connectivity index (χ0) is 42.4. The predicted molar refractivity (Wildman–Crippen MR) is 270 cm³/mol. The van der Waals surface area contributed by atoms with Crippen molar-refractivity contribution in [2.75, 3.05) is 9.80 Å². The molecule has 0 saturated carbocycles. The number of anilines is 6. The zero-order valence-corrected chi connectivity index (χ0v) is 35.0. The Kier molecular flexibility index (Phi) is 9.12. The summed E-state index contributed by atoms with van der Waals surface area (Å²) in [6, 6.07) is 91.9. The number of rotatable bonds is 9. The largest absolute Gasteiger partial charge is 0.310 e. The molecule has 2 heterocycles. The monoisotopic (exact) mass is 818 g/mol. The summed E-state index contributed by atoms with van der Waals surface area (Å²) in [7, 11) is 0. The van der Waals surface area contributed by atoms with Crippen LogP contribution in [0.1, 0.15) is 0 Å². The van der Waals surface area contributed by atoms with E-state index in [-0.39, 0.29) is 0 Å². The Balaban J connectivity index is 1.13. The van der Waals surface area contributed by atoms with Crippen LogP contribution in [0.15, 0.2) is 255 Å². The van der Waals surface area contributed by atoms with Crippen LogP contribution < -0.4 is 9.80 Å². The van der Waals surface area contributed by atoms with Gasteiger partial charge in [-0.1, -0.05) is 146 Å². The number of nitrogens with zero attached hydrogens (tertiary/aromatic N) is 4. The van der Waals surface area contributed by atoms with Crippen molar-refractivity contribution in [3.63, 3.8) is 0 Å². The molecule has 4 heteroatoms. The fourth-order valence-corrected chi connectivity index (χ4v) is 9.60. The third-order valence-corrected chi connectivity index (χ3v) is 12.4. The molecule has 0 atom stereocenters. The number of benzene rings is 10. The lowest BCUT2D eigenvalue weighted by Gasteiger charge is -2.30. The van der Waals surface area contributed by atoms with Gasteiger partial charge in [0.05, 0.1) is 22.1 Å². The molecule has 10 aromatic carbocycles. The highest BCUT2D eigenvalue weighted by atomic mass is 15.2. The Morgan fingerprint density at radius 3 is 1.08 bits per heavy atom. The van der Waals surface area contributed by atoms with Gasteiger partial charge in [0, 0.05) is 67.0 Å². The van der Waals surface area contributed by atoms with Crippen molar-refractivity contribution in [3.8, 4) is 22.5 Å². The van der Waals surface area contributed by atoms with Crippen molar-refractivity contribution >= 4 is 77.7 Å². The van der Waals surface area contributed by atoms with Crippen LogP contribution in [0, 0.1) is 0 Å². The molecule has 0 fully saturated rings. The Bertz CT molecular complexity index is 3560. The molecule has 302 valence electrons. The van der Waals surface area contributed by atoms with Crippen molar-refractivity contribution in [1.29, 1.82) is 0 Å². The molecule has 0 unspecified atom stereocenters. The smallest absolute Gasteiger partial charge is 0.0561 e. The maximum Gasteiger partial charge on any atom is 0.0561 e. The van der Waals surface area contributed by atoms with E-state index in [4.69, 9.17) is 0 Å². The molecule has 64 heavy (non-hydrogen) atoms. The Hall–Kier alpha value is -8.60. The lowest BCUT2D eigenvalue weighted by molar-refractivity contribution is 1.18. The van der Waals surface area contributed by atoms with Gasteiger partial charge in [0.2, 0.25) is 0 Å². The fourth-order valence-electron chi connectivity index (χ4n) is 9.60. The average Bonchev–Trinajstić information content (AvgIpc) is 3.88. The first-order valence-electron chi connectivity index (χ1n) is 21.8. The maximum atomic E-state index is 2.41. The van der Waals surface area contributed by atoms with Gasteiger partial charge < -0.3 is 18.9 Å². The number of para-hydroxylation sites is 7. The number of fused-ring (bicyclic) bond motifs is 6. The summed E-state index contributed by atoms with van der Waals surface area (Å²) >= 11 is 0. The molecule has 0 aliphatic rings. The molecule has 12 rings (SSSR count). The SMILES string of the molecule is c1ccc(N(c2ccccc2)c2cc(-c3ccc4c5ccccc5n(-c5ccccc5)c4c3)cc(N(c3ccccc3)c3ccc4c5ccccc5n(-c5ccccc5)c4c3)c2)cc1. The maximum absolute atomic E-state index is 2.41. The van der Waals surface area contributed by atoms with Crippen molar-refractivity contribution in [2.45, 2.75) is 0 Å². The first-order chi connectivity index (χ1) is 31.8. The summed E-state index contributed by atoms with van der Waals surface area (Å²) in [5.74, 6) is 0. The van der Waals surface area contributed by atoms with Crippen LogP contribution >= 0.6 is 0 Å². The minimum atomic E-state index is 1.04. The van der Waals surface area contributed by atoms with Gasteiger partial charge in [-0.2, -0.15) is 0 Å². The zero-order valence-electron chi connectivity index (χ0n) is 35.0. The molecule has 0 amide bonds. The van der Waals surface area contributed by atoms with Crippen LogP contribution in [-0.4, -0.2) is 9.13 Å². The minimum Gasteiger partial charge on any atom is -0.310 e. The molecule has 4 nitrogen and oxygen atoms in total. The van der Waals surface area contributed by atoms with Gasteiger partial charge in [-0.25, -0.2) is 0 Å². The Morgan fingerprint density at radius 2 is 0.594 bits per heavy atom. The summed E-state index contributed by atoms with van der Waals surface area (Å²) in [6.45, 7) is 0. The third-order valence-electron chi connectivity index (χ3n) is 12.4. The van der Waals surface area contributed by atoms with E-state index in [1.54, 1.807) is 0 Å². The van der Waals surface area contributed by atoms with Gasteiger partial charge in [-0.15, -0.1) is 0 Å². The lowest BCUT2D eigenvalue weighted by Crippen LogP contribution is -2.13. The van der Waals surface area contributed by atoms with E-state index in [0.29, 0.717) is 0 Å². The molecular formula is C60H42N4. The number of aromatic nitrogens is 2. The highest BCUT2D eigenvalue weighted by Gasteiger charge is 2.22. The van der Waals surface area contributed by atoms with Crippen molar-refractivity contribution in [1.82, 2.24) is 9.13 Å². The van der Waals surface area contributed by atoms with Crippen molar-refractivity contribution in [2.24, 2.45) is 0 Å². The van der Waals surface area contributed by atoms with E-state index in [2.05, 4.69) is 274 Å². The van der Waals surface area contributed by atoms with Crippen LogP contribution in [0.2, 0.25) is 0 Å². The Morgan fingerprint density at radius 1 is 0.219 bits per heavy atom. The summed E-state index contributed by atoms with van der Waals surface area (Å²) in [6.07, 6.45) is 0. The summed E-state index contributed by atoms with van der Waals surface area (Å²) < 4.78 is 4.79. The van der Waals surface area contributed by atoms with Gasteiger partial charge in [-0.05, 0) is 120 Å². The second-order valence-electron chi connectivity index (χ2n) is 16.2.